The molecule has 4 heteroatoms. The van der Waals surface area contributed by atoms with E-state index in [1.54, 1.807) is 0 Å². The van der Waals surface area contributed by atoms with Gasteiger partial charge in [-0.25, -0.2) is 0 Å². The Kier molecular flexibility index (Phi) is 3.87. The van der Waals surface area contributed by atoms with Crippen LogP contribution in [0, 0.1) is 0 Å². The van der Waals surface area contributed by atoms with Gasteiger partial charge in [-0.2, -0.15) is 0 Å². The Hall–Kier alpha value is -0.160. The number of nitrogens with two attached hydrogens (primary N) is 1. The maximum Gasteiger partial charge on any atom is 0.0471 e. The van der Waals surface area contributed by atoms with Gasteiger partial charge in [-0.15, -0.1) is 0 Å². The first-order valence-electron chi connectivity index (χ1n) is 8.12. The molecular formula is C15H30N4. The Labute approximate surface area is 117 Å². The van der Waals surface area contributed by atoms with Crippen molar-refractivity contribution >= 4 is 0 Å². The topological polar surface area (TPSA) is 35.7 Å². The number of hydrogen-bond acceptors (Lipinski definition) is 4. The highest BCUT2D eigenvalue weighted by atomic mass is 15.4. The van der Waals surface area contributed by atoms with E-state index in [9.17, 15) is 0 Å². The number of likely N-dealkylation sites (tertiary alicyclic amines) is 1. The highest BCUT2D eigenvalue weighted by Crippen LogP contribution is 2.36. The molecule has 4 nitrogen and oxygen atoms in total. The first kappa shape index (κ1) is 13.8. The summed E-state index contributed by atoms with van der Waals surface area (Å²) in [4.78, 5) is 8.00. The Bertz CT molecular complexity index is 317. The van der Waals surface area contributed by atoms with Gasteiger partial charge in [0, 0.05) is 56.9 Å². The Balaban J connectivity index is 1.65. The van der Waals surface area contributed by atoms with Crippen LogP contribution in [0.5, 0.6) is 0 Å². The minimum absolute atomic E-state index is 0.274. The van der Waals surface area contributed by atoms with Gasteiger partial charge in [-0.3, -0.25) is 14.7 Å². The zero-order valence-corrected chi connectivity index (χ0v) is 12.6. The van der Waals surface area contributed by atoms with Crippen LogP contribution >= 0.6 is 0 Å². The van der Waals surface area contributed by atoms with Crippen LogP contribution in [0.2, 0.25) is 0 Å². The number of nitrogens with zero attached hydrogens (tertiary/aromatic N) is 3. The molecule has 19 heavy (non-hydrogen) atoms. The van der Waals surface area contributed by atoms with Gasteiger partial charge in [0.2, 0.25) is 0 Å². The van der Waals surface area contributed by atoms with Gasteiger partial charge in [0.25, 0.3) is 0 Å². The zero-order valence-electron chi connectivity index (χ0n) is 12.6. The first-order valence-corrected chi connectivity index (χ1v) is 8.12. The van der Waals surface area contributed by atoms with Crippen LogP contribution in [0.1, 0.15) is 33.1 Å². The molecule has 3 aliphatic rings. The van der Waals surface area contributed by atoms with Crippen LogP contribution in [0.3, 0.4) is 0 Å². The fraction of sp³-hybridized carbons (Fsp3) is 1.00. The van der Waals surface area contributed by atoms with E-state index >= 15 is 0 Å². The smallest absolute Gasteiger partial charge is 0.0471 e. The lowest BCUT2D eigenvalue weighted by molar-refractivity contribution is 0.0138. The lowest BCUT2D eigenvalue weighted by Crippen LogP contribution is -2.63. The van der Waals surface area contributed by atoms with E-state index in [1.807, 2.05) is 0 Å². The van der Waals surface area contributed by atoms with Gasteiger partial charge in [0.1, 0.15) is 0 Å². The predicted molar refractivity (Wildman–Crippen MR) is 79.3 cm³/mol. The quantitative estimate of drug-likeness (QED) is 0.807. The highest BCUT2D eigenvalue weighted by molar-refractivity contribution is 5.05. The molecule has 0 aromatic carbocycles. The molecule has 0 bridgehead atoms. The summed E-state index contributed by atoms with van der Waals surface area (Å²) in [7, 11) is 0. The SMILES string of the molecule is CCN1CCN(C2(CN)CCN(C3CC3)C2)CC1C. The van der Waals surface area contributed by atoms with Gasteiger partial charge in [0.05, 0.1) is 0 Å². The molecule has 1 saturated carbocycles. The molecule has 2 unspecified atom stereocenters. The van der Waals surface area contributed by atoms with Gasteiger partial charge in [-0.05, 0) is 32.7 Å². The molecule has 2 N–H and O–H groups in total. The molecular weight excluding hydrogens is 236 g/mol. The van der Waals surface area contributed by atoms with Crippen molar-refractivity contribution in [2.75, 3.05) is 45.8 Å². The molecule has 2 heterocycles. The number of piperazine rings is 1. The minimum Gasteiger partial charge on any atom is -0.329 e. The standard InChI is InChI=1S/C15H30N4/c1-3-17-8-9-19(10-13(17)2)15(11-16)6-7-18(12-15)14-4-5-14/h13-14H,3-12,16H2,1-2H3. The summed E-state index contributed by atoms with van der Waals surface area (Å²) >= 11 is 0. The van der Waals surface area contributed by atoms with Crippen molar-refractivity contribution in [3.05, 3.63) is 0 Å². The fourth-order valence-corrected chi connectivity index (χ4v) is 4.09. The Morgan fingerprint density at radius 2 is 2.00 bits per heavy atom. The van der Waals surface area contributed by atoms with Crippen molar-refractivity contribution in [2.24, 2.45) is 5.73 Å². The lowest BCUT2D eigenvalue weighted by atomic mass is 9.94. The molecule has 0 spiro atoms. The van der Waals surface area contributed by atoms with Crippen LogP contribution in [-0.2, 0) is 0 Å². The summed E-state index contributed by atoms with van der Waals surface area (Å²) in [5.74, 6) is 0. The zero-order chi connectivity index (χ0) is 13.5. The van der Waals surface area contributed by atoms with E-state index in [1.165, 1.54) is 58.5 Å². The highest BCUT2D eigenvalue weighted by Gasteiger charge is 2.46. The van der Waals surface area contributed by atoms with Crippen molar-refractivity contribution < 1.29 is 0 Å². The normalized spacial score (nSPS) is 39.0. The molecule has 110 valence electrons. The second-order valence-corrected chi connectivity index (χ2v) is 6.80. The predicted octanol–water partition coefficient (Wildman–Crippen LogP) is 0.578. The monoisotopic (exact) mass is 266 g/mol. The second kappa shape index (κ2) is 5.32. The molecule has 0 radical (unpaired) electrons. The third kappa shape index (κ3) is 2.56. The average molecular weight is 266 g/mol. The van der Waals surface area contributed by atoms with Crippen molar-refractivity contribution in [2.45, 2.75) is 50.7 Å². The van der Waals surface area contributed by atoms with E-state index in [4.69, 9.17) is 5.73 Å². The maximum absolute atomic E-state index is 6.21. The van der Waals surface area contributed by atoms with Crippen molar-refractivity contribution in [1.82, 2.24) is 14.7 Å². The van der Waals surface area contributed by atoms with Crippen molar-refractivity contribution in [3.8, 4) is 0 Å². The molecule has 3 rings (SSSR count). The molecule has 0 aromatic rings. The molecule has 2 saturated heterocycles. The fourth-order valence-electron chi connectivity index (χ4n) is 4.09. The molecule has 0 aromatic heterocycles. The maximum atomic E-state index is 6.21. The molecule has 2 atom stereocenters. The summed E-state index contributed by atoms with van der Waals surface area (Å²) in [6, 6.07) is 1.57. The Morgan fingerprint density at radius 3 is 2.58 bits per heavy atom. The summed E-state index contributed by atoms with van der Waals surface area (Å²) in [6.45, 7) is 12.7. The third-order valence-corrected chi connectivity index (χ3v) is 5.65. The van der Waals surface area contributed by atoms with Crippen molar-refractivity contribution in [3.63, 3.8) is 0 Å². The summed E-state index contributed by atoms with van der Waals surface area (Å²) in [5, 5.41) is 0. The third-order valence-electron chi connectivity index (χ3n) is 5.65. The Morgan fingerprint density at radius 1 is 1.21 bits per heavy atom. The summed E-state index contributed by atoms with van der Waals surface area (Å²) < 4.78 is 0. The van der Waals surface area contributed by atoms with E-state index < -0.39 is 0 Å². The van der Waals surface area contributed by atoms with Crippen LogP contribution in [-0.4, -0.2) is 78.1 Å². The molecule has 0 amide bonds. The first-order chi connectivity index (χ1) is 9.18. The van der Waals surface area contributed by atoms with Crippen molar-refractivity contribution in [1.29, 1.82) is 0 Å². The molecule has 1 aliphatic carbocycles. The average Bonchev–Trinajstić information content (AvgIpc) is 3.18. The van der Waals surface area contributed by atoms with Crippen LogP contribution in [0.4, 0.5) is 0 Å². The van der Waals surface area contributed by atoms with E-state index in [0.29, 0.717) is 6.04 Å². The van der Waals surface area contributed by atoms with Gasteiger partial charge >= 0.3 is 0 Å². The van der Waals surface area contributed by atoms with E-state index in [0.717, 1.165) is 12.6 Å². The molecule has 3 fully saturated rings. The van der Waals surface area contributed by atoms with Gasteiger partial charge in [-0.1, -0.05) is 6.92 Å². The van der Waals surface area contributed by atoms with E-state index in [-0.39, 0.29) is 5.54 Å². The van der Waals surface area contributed by atoms with Crippen LogP contribution in [0.25, 0.3) is 0 Å². The van der Waals surface area contributed by atoms with Gasteiger partial charge < -0.3 is 5.73 Å². The van der Waals surface area contributed by atoms with Crippen LogP contribution in [0.15, 0.2) is 0 Å². The summed E-state index contributed by atoms with van der Waals surface area (Å²) in [5.41, 5.74) is 6.49. The number of hydrogen-bond donors (Lipinski definition) is 1. The van der Waals surface area contributed by atoms with Gasteiger partial charge in [0.15, 0.2) is 0 Å². The van der Waals surface area contributed by atoms with E-state index in [2.05, 4.69) is 28.5 Å². The summed E-state index contributed by atoms with van der Waals surface area (Å²) in [6.07, 6.45) is 4.11. The second-order valence-electron chi connectivity index (χ2n) is 6.80. The number of rotatable bonds is 4. The molecule has 2 aliphatic heterocycles. The number of likely N-dealkylation sites (N-methyl/N-ethyl adjacent to an activating group) is 1. The largest absolute Gasteiger partial charge is 0.329 e. The lowest BCUT2D eigenvalue weighted by Gasteiger charge is -2.48. The van der Waals surface area contributed by atoms with Crippen LogP contribution < -0.4 is 5.73 Å². The minimum atomic E-state index is 0.274.